The van der Waals surface area contributed by atoms with Crippen LogP contribution in [0.5, 0.6) is 0 Å². The first-order valence-electron chi connectivity index (χ1n) is 8.16. The predicted molar refractivity (Wildman–Crippen MR) is 98.3 cm³/mol. The molecular weight excluding hydrogens is 368 g/mol. The lowest BCUT2D eigenvalue weighted by atomic mass is 10.1. The number of hydrogen-bond acceptors (Lipinski definition) is 6. The molecule has 2 aromatic carbocycles. The minimum atomic E-state index is -3.72. The summed E-state index contributed by atoms with van der Waals surface area (Å²) in [6.07, 6.45) is 1.75. The zero-order valence-electron chi connectivity index (χ0n) is 14.4. The van der Waals surface area contributed by atoms with E-state index >= 15 is 0 Å². The summed E-state index contributed by atoms with van der Waals surface area (Å²) in [6.45, 7) is 0.412. The molecular formula is C18H18N4O4S. The summed E-state index contributed by atoms with van der Waals surface area (Å²) in [6, 6.07) is 15.6. The molecule has 9 heteroatoms. The molecule has 0 aliphatic rings. The number of sulfonamides is 1. The zero-order chi connectivity index (χ0) is 19.3. The summed E-state index contributed by atoms with van der Waals surface area (Å²) in [7, 11) is -3.72. The number of amides is 1. The number of aromatic nitrogens is 2. The fourth-order valence-corrected chi connectivity index (χ4v) is 3.11. The number of primary sulfonamides is 1. The van der Waals surface area contributed by atoms with Gasteiger partial charge in [-0.2, -0.15) is 4.98 Å². The van der Waals surface area contributed by atoms with Gasteiger partial charge in [-0.15, -0.1) is 0 Å². The Bertz CT molecular complexity index is 988. The Balaban J connectivity index is 1.74. The van der Waals surface area contributed by atoms with Gasteiger partial charge in [0.15, 0.2) is 5.82 Å². The molecule has 8 nitrogen and oxygen atoms in total. The van der Waals surface area contributed by atoms with Gasteiger partial charge in [0, 0.05) is 12.2 Å². The van der Waals surface area contributed by atoms with Gasteiger partial charge in [0.05, 0.1) is 11.3 Å². The highest BCUT2D eigenvalue weighted by Crippen LogP contribution is 2.16. The van der Waals surface area contributed by atoms with Gasteiger partial charge in [0.2, 0.25) is 22.3 Å². The van der Waals surface area contributed by atoms with Gasteiger partial charge in [-0.05, 0) is 36.2 Å². The van der Waals surface area contributed by atoms with E-state index in [0.29, 0.717) is 18.8 Å². The van der Waals surface area contributed by atoms with Crippen LogP contribution in [-0.2, 0) is 27.7 Å². The summed E-state index contributed by atoms with van der Waals surface area (Å²) >= 11 is 0. The van der Waals surface area contributed by atoms with Gasteiger partial charge < -0.3 is 9.42 Å². The molecule has 3 aromatic rings. The van der Waals surface area contributed by atoms with Gasteiger partial charge in [-0.25, -0.2) is 13.6 Å². The average Bonchev–Trinajstić information content (AvgIpc) is 3.15. The van der Waals surface area contributed by atoms with Crippen molar-refractivity contribution in [3.63, 3.8) is 0 Å². The molecule has 1 aromatic heterocycles. The highest BCUT2D eigenvalue weighted by Gasteiger charge is 2.18. The lowest BCUT2D eigenvalue weighted by molar-refractivity contribution is -0.118. The van der Waals surface area contributed by atoms with Crippen LogP contribution in [0.1, 0.15) is 11.4 Å². The molecule has 0 atom stereocenters. The third-order valence-electron chi connectivity index (χ3n) is 3.96. The summed E-state index contributed by atoms with van der Waals surface area (Å²) in [5.41, 5.74) is 1.64. The highest BCUT2D eigenvalue weighted by atomic mass is 32.2. The second-order valence-electron chi connectivity index (χ2n) is 5.84. The summed E-state index contributed by atoms with van der Waals surface area (Å²) in [5.74, 6) is 0.155. The predicted octanol–water partition coefficient (Wildman–Crippen LogP) is 1.54. The van der Waals surface area contributed by atoms with E-state index in [0.717, 1.165) is 11.3 Å². The molecule has 0 fully saturated rings. The molecule has 0 saturated carbocycles. The first kappa shape index (κ1) is 18.7. The van der Waals surface area contributed by atoms with Crippen molar-refractivity contribution in [2.75, 3.05) is 11.4 Å². The minimum Gasteiger partial charge on any atom is -0.343 e. The molecule has 1 heterocycles. The van der Waals surface area contributed by atoms with E-state index in [9.17, 15) is 13.2 Å². The fourth-order valence-electron chi connectivity index (χ4n) is 2.59. The topological polar surface area (TPSA) is 119 Å². The van der Waals surface area contributed by atoms with Crippen molar-refractivity contribution in [2.24, 2.45) is 5.14 Å². The third-order valence-corrected chi connectivity index (χ3v) is 4.89. The van der Waals surface area contributed by atoms with Gasteiger partial charge >= 0.3 is 0 Å². The van der Waals surface area contributed by atoms with Crippen LogP contribution in [-0.4, -0.2) is 31.0 Å². The van der Waals surface area contributed by atoms with E-state index in [2.05, 4.69) is 14.7 Å². The Hall–Kier alpha value is -3.04. The maximum atomic E-state index is 12.7. The first-order chi connectivity index (χ1) is 12.9. The van der Waals surface area contributed by atoms with Crippen molar-refractivity contribution < 1.29 is 17.7 Å². The molecule has 3 rings (SSSR count). The Labute approximate surface area is 156 Å². The quantitative estimate of drug-likeness (QED) is 0.658. The van der Waals surface area contributed by atoms with Crippen LogP contribution in [0.3, 0.4) is 0 Å². The van der Waals surface area contributed by atoms with Gasteiger partial charge in [0.25, 0.3) is 0 Å². The number of benzene rings is 2. The van der Waals surface area contributed by atoms with Crippen molar-refractivity contribution >= 4 is 21.6 Å². The maximum Gasteiger partial charge on any atom is 0.238 e. The van der Waals surface area contributed by atoms with E-state index in [-0.39, 0.29) is 17.2 Å². The maximum absolute atomic E-state index is 12.7. The Morgan fingerprint density at radius 2 is 1.78 bits per heavy atom. The highest BCUT2D eigenvalue weighted by molar-refractivity contribution is 7.89. The molecule has 0 spiro atoms. The van der Waals surface area contributed by atoms with Crippen LogP contribution >= 0.6 is 0 Å². The van der Waals surface area contributed by atoms with Crippen LogP contribution in [0.4, 0.5) is 5.69 Å². The summed E-state index contributed by atoms with van der Waals surface area (Å²) < 4.78 is 27.4. The smallest absolute Gasteiger partial charge is 0.238 e. The molecule has 0 unspecified atom stereocenters. The minimum absolute atomic E-state index is 0.0236. The lowest BCUT2D eigenvalue weighted by Crippen LogP contribution is -2.34. The van der Waals surface area contributed by atoms with Crippen molar-refractivity contribution in [1.82, 2.24) is 10.1 Å². The summed E-state index contributed by atoms with van der Waals surface area (Å²) in [5, 5.41) is 8.79. The van der Waals surface area contributed by atoms with Crippen LogP contribution in [0, 0.1) is 0 Å². The lowest BCUT2D eigenvalue weighted by Gasteiger charge is -2.22. The molecule has 0 bridgehead atoms. The normalized spacial score (nSPS) is 11.3. The Kier molecular flexibility index (Phi) is 5.63. The first-order valence-corrected chi connectivity index (χ1v) is 9.70. The molecule has 2 N–H and O–H groups in total. The van der Waals surface area contributed by atoms with Crippen LogP contribution < -0.4 is 10.0 Å². The number of carbonyl (C=O) groups is 1. The van der Waals surface area contributed by atoms with Crippen molar-refractivity contribution in [3.05, 3.63) is 72.4 Å². The molecule has 140 valence electrons. The molecule has 1 amide bonds. The van der Waals surface area contributed by atoms with Crippen molar-refractivity contribution in [2.45, 2.75) is 17.7 Å². The van der Waals surface area contributed by atoms with Crippen molar-refractivity contribution in [3.8, 4) is 0 Å². The number of carbonyl (C=O) groups excluding carboxylic acids is 1. The van der Waals surface area contributed by atoms with Gasteiger partial charge in [-0.3, -0.25) is 4.79 Å². The Morgan fingerprint density at radius 3 is 2.37 bits per heavy atom. The van der Waals surface area contributed by atoms with E-state index in [4.69, 9.17) is 5.14 Å². The SMILES string of the molecule is NS(=O)(=O)c1ccc(CCN(C(=O)Cc2ncon2)c2ccccc2)cc1. The second-order valence-corrected chi connectivity index (χ2v) is 7.41. The van der Waals surface area contributed by atoms with Crippen molar-refractivity contribution in [1.29, 1.82) is 0 Å². The average molecular weight is 386 g/mol. The third kappa shape index (κ3) is 4.99. The largest absolute Gasteiger partial charge is 0.343 e. The second kappa shape index (κ2) is 8.11. The number of para-hydroxylation sites is 1. The van der Waals surface area contributed by atoms with Crippen LogP contribution in [0.15, 0.2) is 70.4 Å². The molecule has 27 heavy (non-hydrogen) atoms. The molecule has 0 aliphatic heterocycles. The number of nitrogens with zero attached hydrogens (tertiary/aromatic N) is 3. The molecule has 0 aliphatic carbocycles. The van der Waals surface area contributed by atoms with E-state index in [1.165, 1.54) is 18.5 Å². The molecule has 0 saturated heterocycles. The van der Waals surface area contributed by atoms with Gasteiger partial charge in [-0.1, -0.05) is 35.5 Å². The van der Waals surface area contributed by atoms with E-state index < -0.39 is 10.0 Å². The van der Waals surface area contributed by atoms with E-state index in [1.807, 2.05) is 30.3 Å². The van der Waals surface area contributed by atoms with Crippen LogP contribution in [0.2, 0.25) is 0 Å². The molecule has 0 radical (unpaired) electrons. The fraction of sp³-hybridized carbons (Fsp3) is 0.167. The number of hydrogen-bond donors (Lipinski definition) is 1. The van der Waals surface area contributed by atoms with Gasteiger partial charge in [0.1, 0.15) is 0 Å². The summed E-state index contributed by atoms with van der Waals surface area (Å²) in [4.78, 5) is 18.3. The number of nitrogens with two attached hydrogens (primary N) is 1. The zero-order valence-corrected chi connectivity index (χ0v) is 15.2. The Morgan fingerprint density at radius 1 is 1.07 bits per heavy atom. The van der Waals surface area contributed by atoms with Crippen LogP contribution in [0.25, 0.3) is 0 Å². The standard InChI is InChI=1S/C18H18N4O4S/c19-27(24,25)16-8-6-14(7-9-16)10-11-22(15-4-2-1-3-5-15)18(23)12-17-20-13-26-21-17/h1-9,13H,10-12H2,(H2,19,24,25). The van der Waals surface area contributed by atoms with E-state index in [1.54, 1.807) is 17.0 Å². The monoisotopic (exact) mass is 386 g/mol. The number of anilines is 1. The number of rotatable bonds is 7.